The number of carbonyl (C=O) groups is 1. The molecule has 0 bridgehead atoms. The Morgan fingerprint density at radius 3 is 2.58 bits per heavy atom. The number of aliphatic imine (C=N–C) groups is 1. The van der Waals surface area contributed by atoms with Gasteiger partial charge in [-0.1, -0.05) is 23.4 Å². The van der Waals surface area contributed by atoms with Gasteiger partial charge in [0, 0.05) is 22.0 Å². The van der Waals surface area contributed by atoms with Gasteiger partial charge in [-0.25, -0.2) is 4.99 Å². The van der Waals surface area contributed by atoms with Crippen LogP contribution in [0, 0.1) is 0 Å². The molecule has 0 spiro atoms. The second kappa shape index (κ2) is 6.98. The van der Waals surface area contributed by atoms with Crippen LogP contribution in [0.5, 0.6) is 0 Å². The zero-order valence-corrected chi connectivity index (χ0v) is 13.4. The van der Waals surface area contributed by atoms with Crippen molar-refractivity contribution in [2.75, 3.05) is 11.1 Å². The molecule has 7 heteroatoms. The van der Waals surface area contributed by atoms with Crippen LogP contribution < -0.4 is 11.1 Å². The van der Waals surface area contributed by atoms with E-state index in [1.165, 1.54) is 11.8 Å². The van der Waals surface area contributed by atoms with Crippen molar-refractivity contribution < 1.29 is 4.79 Å². The van der Waals surface area contributed by atoms with Gasteiger partial charge in [0.1, 0.15) is 0 Å². The summed E-state index contributed by atoms with van der Waals surface area (Å²) >= 11 is 7.21. The van der Waals surface area contributed by atoms with Crippen molar-refractivity contribution in [3.63, 3.8) is 0 Å². The van der Waals surface area contributed by atoms with Gasteiger partial charge in [-0.15, -0.1) is 17.0 Å². The molecule has 0 aliphatic carbocycles. The minimum Gasteiger partial charge on any atom is -0.378 e. The quantitative estimate of drug-likeness (QED) is 0.794. The Balaban J connectivity index is 0.00000180. The summed E-state index contributed by atoms with van der Waals surface area (Å²) in [4.78, 5) is 16.1. The highest BCUT2D eigenvalue weighted by molar-refractivity contribution is 8.93. The fourth-order valence-corrected chi connectivity index (χ4v) is 2.29. The zero-order chi connectivity index (χ0) is 13.1. The van der Waals surface area contributed by atoms with Crippen LogP contribution in [0.1, 0.15) is 6.92 Å². The molecule has 1 heterocycles. The Hall–Kier alpha value is -0.980. The number of nitrogens with one attached hydrogen (secondary N) is 1. The first-order valence-electron chi connectivity index (χ1n) is 5.30. The molecular weight excluding hydrogens is 350 g/mol. The highest BCUT2D eigenvalue weighted by Crippen LogP contribution is 2.22. The van der Waals surface area contributed by atoms with Crippen molar-refractivity contribution >= 4 is 57.1 Å². The molecule has 0 atom stereocenters. The van der Waals surface area contributed by atoms with E-state index in [-0.39, 0.29) is 22.9 Å². The molecule has 0 saturated carbocycles. The molecule has 2 rings (SSSR count). The molecule has 1 amide bonds. The van der Waals surface area contributed by atoms with Gasteiger partial charge in [0.2, 0.25) is 0 Å². The Morgan fingerprint density at radius 1 is 1.42 bits per heavy atom. The number of halogens is 2. The molecule has 0 aromatic heterocycles. The fourth-order valence-electron chi connectivity index (χ4n) is 1.42. The van der Waals surface area contributed by atoms with E-state index in [1.807, 2.05) is 0 Å². The second-order valence-electron chi connectivity index (χ2n) is 3.77. The maximum absolute atomic E-state index is 12.0. The van der Waals surface area contributed by atoms with Crippen molar-refractivity contribution in [1.29, 1.82) is 0 Å². The van der Waals surface area contributed by atoms with Crippen LogP contribution in [0.2, 0.25) is 5.02 Å². The number of rotatable bonds is 2. The Kier molecular flexibility index (Phi) is 5.90. The molecule has 102 valence electrons. The molecule has 0 fully saturated rings. The van der Waals surface area contributed by atoms with Gasteiger partial charge >= 0.3 is 0 Å². The van der Waals surface area contributed by atoms with Crippen LogP contribution in [0.3, 0.4) is 0 Å². The average molecular weight is 363 g/mol. The molecule has 0 radical (unpaired) electrons. The standard InChI is InChI=1S/C12H12ClN3OS.BrH/c1-7(10-6-18-12(14)16-10)11(17)15-9-4-2-8(13)3-5-9;/h2-5H,6H2,1H3,(H2,14,16)(H,15,17);1H. The van der Waals surface area contributed by atoms with Gasteiger partial charge in [-0.2, -0.15) is 0 Å². The van der Waals surface area contributed by atoms with E-state index in [9.17, 15) is 4.79 Å². The topological polar surface area (TPSA) is 67.5 Å². The predicted octanol–water partition coefficient (Wildman–Crippen LogP) is 3.19. The molecule has 0 saturated heterocycles. The number of amidine groups is 1. The smallest absolute Gasteiger partial charge is 0.253 e. The van der Waals surface area contributed by atoms with Gasteiger partial charge in [0.15, 0.2) is 5.17 Å². The molecular formula is C12H13BrClN3OS. The van der Waals surface area contributed by atoms with E-state index in [1.54, 1.807) is 31.2 Å². The van der Waals surface area contributed by atoms with Crippen molar-refractivity contribution in [3.8, 4) is 0 Å². The Labute approximate surface area is 131 Å². The van der Waals surface area contributed by atoms with Crippen LogP contribution in [0.4, 0.5) is 5.69 Å². The van der Waals surface area contributed by atoms with Crippen LogP contribution in [0.15, 0.2) is 40.5 Å². The number of hydrogen-bond acceptors (Lipinski definition) is 4. The highest BCUT2D eigenvalue weighted by Gasteiger charge is 2.16. The van der Waals surface area contributed by atoms with Crippen LogP contribution >= 0.6 is 40.3 Å². The number of benzene rings is 1. The van der Waals surface area contributed by atoms with Gasteiger partial charge in [0.05, 0.1) is 5.70 Å². The molecule has 1 aromatic rings. The summed E-state index contributed by atoms with van der Waals surface area (Å²) in [5.41, 5.74) is 7.57. The van der Waals surface area contributed by atoms with E-state index in [2.05, 4.69) is 10.3 Å². The third-order valence-corrected chi connectivity index (χ3v) is 3.53. The minimum absolute atomic E-state index is 0. The molecule has 0 unspecified atom stereocenters. The average Bonchev–Trinajstić information content (AvgIpc) is 2.78. The number of thioether (sulfide) groups is 1. The lowest BCUT2D eigenvalue weighted by Gasteiger charge is -2.06. The summed E-state index contributed by atoms with van der Waals surface area (Å²) in [6.45, 7) is 1.74. The van der Waals surface area contributed by atoms with E-state index in [0.717, 1.165) is 5.70 Å². The van der Waals surface area contributed by atoms with Crippen LogP contribution in [-0.2, 0) is 4.79 Å². The lowest BCUT2D eigenvalue weighted by molar-refractivity contribution is -0.112. The number of nitrogens with zero attached hydrogens (tertiary/aromatic N) is 1. The normalized spacial score (nSPS) is 16.4. The van der Waals surface area contributed by atoms with Crippen LogP contribution in [0.25, 0.3) is 0 Å². The first-order chi connectivity index (χ1) is 8.56. The number of hydrogen-bond donors (Lipinski definition) is 2. The van der Waals surface area contributed by atoms with Crippen molar-refractivity contribution in [2.45, 2.75) is 6.92 Å². The number of nitrogens with two attached hydrogens (primary N) is 1. The number of amides is 1. The molecule has 4 nitrogen and oxygen atoms in total. The van der Waals surface area contributed by atoms with Crippen molar-refractivity contribution in [2.24, 2.45) is 10.7 Å². The molecule has 3 N–H and O–H groups in total. The lowest BCUT2D eigenvalue weighted by Crippen LogP contribution is -2.14. The molecule has 1 aliphatic rings. The maximum Gasteiger partial charge on any atom is 0.253 e. The summed E-state index contributed by atoms with van der Waals surface area (Å²) in [6, 6.07) is 6.95. The third-order valence-electron chi connectivity index (χ3n) is 2.48. The summed E-state index contributed by atoms with van der Waals surface area (Å²) < 4.78 is 0. The number of anilines is 1. The van der Waals surface area contributed by atoms with Crippen molar-refractivity contribution in [3.05, 3.63) is 40.6 Å². The van der Waals surface area contributed by atoms with Gasteiger partial charge in [0.25, 0.3) is 5.91 Å². The van der Waals surface area contributed by atoms with E-state index >= 15 is 0 Å². The first-order valence-corrected chi connectivity index (χ1v) is 6.66. The summed E-state index contributed by atoms with van der Waals surface area (Å²) in [5.74, 6) is 0.470. The fraction of sp³-hybridized carbons (Fsp3) is 0.167. The molecule has 1 aliphatic heterocycles. The zero-order valence-electron chi connectivity index (χ0n) is 10.1. The first kappa shape index (κ1) is 16.1. The lowest BCUT2D eigenvalue weighted by atomic mass is 10.2. The van der Waals surface area contributed by atoms with E-state index in [0.29, 0.717) is 27.2 Å². The minimum atomic E-state index is -0.175. The number of carbonyl (C=O) groups excluding carboxylic acids is 1. The monoisotopic (exact) mass is 361 g/mol. The van der Waals surface area contributed by atoms with E-state index in [4.69, 9.17) is 17.3 Å². The molecule has 19 heavy (non-hydrogen) atoms. The van der Waals surface area contributed by atoms with E-state index < -0.39 is 0 Å². The summed E-state index contributed by atoms with van der Waals surface area (Å²) in [5, 5.41) is 3.92. The Bertz CT molecular complexity index is 542. The largest absolute Gasteiger partial charge is 0.378 e. The third kappa shape index (κ3) is 4.26. The predicted molar refractivity (Wildman–Crippen MR) is 87.2 cm³/mol. The molecule has 1 aromatic carbocycles. The highest BCUT2D eigenvalue weighted by atomic mass is 79.9. The SMILES string of the molecule is Br.CC(C(=O)Nc1ccc(Cl)cc1)=C1CSC(N)=N1. The summed E-state index contributed by atoms with van der Waals surface area (Å²) in [7, 11) is 0. The van der Waals surface area contributed by atoms with Crippen molar-refractivity contribution in [1.82, 2.24) is 0 Å². The Morgan fingerprint density at radius 2 is 2.05 bits per heavy atom. The van der Waals surface area contributed by atoms with Gasteiger partial charge < -0.3 is 11.1 Å². The summed E-state index contributed by atoms with van der Waals surface area (Å²) in [6.07, 6.45) is 0. The van der Waals surface area contributed by atoms with Crippen LogP contribution in [-0.4, -0.2) is 16.8 Å². The second-order valence-corrected chi connectivity index (χ2v) is 5.20. The van der Waals surface area contributed by atoms with Gasteiger partial charge in [-0.05, 0) is 31.2 Å². The maximum atomic E-state index is 12.0. The van der Waals surface area contributed by atoms with Gasteiger partial charge in [-0.3, -0.25) is 4.79 Å².